The molecule has 6 heteroatoms. The first-order valence-corrected chi connectivity index (χ1v) is 6.92. The Balaban J connectivity index is 2.21. The minimum absolute atomic E-state index is 0.257. The molecule has 0 saturated heterocycles. The van der Waals surface area contributed by atoms with E-state index in [0.717, 1.165) is 12.0 Å². The third-order valence-electron chi connectivity index (χ3n) is 2.74. The molecule has 0 atom stereocenters. The van der Waals surface area contributed by atoms with E-state index >= 15 is 0 Å². The number of nitrogens with zero attached hydrogens (tertiary/aromatic N) is 1. The average molecular weight is 352 g/mol. The Hall–Kier alpha value is -2.08. The summed E-state index contributed by atoms with van der Waals surface area (Å²) in [6, 6.07) is 8.73. The smallest absolute Gasteiger partial charge is 0.213 e. The van der Waals surface area contributed by atoms with Crippen molar-refractivity contribution in [3.8, 4) is 17.4 Å². The van der Waals surface area contributed by atoms with Crippen LogP contribution in [0.5, 0.6) is 17.4 Å². The number of ether oxygens (including phenoxy) is 3. The van der Waals surface area contributed by atoms with Gasteiger partial charge in [-0.05, 0) is 34.1 Å². The van der Waals surface area contributed by atoms with Gasteiger partial charge in [0.1, 0.15) is 12.9 Å². The van der Waals surface area contributed by atoms with Gasteiger partial charge < -0.3 is 14.2 Å². The Bertz CT molecular complexity index is 646. The maximum absolute atomic E-state index is 10.8. The summed E-state index contributed by atoms with van der Waals surface area (Å²) in [5.41, 5.74) is 1.23. The molecule has 21 heavy (non-hydrogen) atoms. The van der Waals surface area contributed by atoms with Crippen molar-refractivity contribution in [2.75, 3.05) is 14.2 Å². The van der Waals surface area contributed by atoms with Crippen molar-refractivity contribution in [3.05, 3.63) is 46.1 Å². The number of hydrogen-bond acceptors (Lipinski definition) is 5. The summed E-state index contributed by atoms with van der Waals surface area (Å²) in [6.07, 6.45) is 0.751. The minimum atomic E-state index is 0.257. The van der Waals surface area contributed by atoms with E-state index in [1.54, 1.807) is 25.3 Å². The summed E-state index contributed by atoms with van der Waals surface area (Å²) >= 11 is 3.37. The maximum atomic E-state index is 10.8. The zero-order chi connectivity index (χ0) is 15.2. The van der Waals surface area contributed by atoms with Crippen LogP contribution in [0.25, 0.3) is 0 Å². The van der Waals surface area contributed by atoms with E-state index in [1.165, 1.54) is 7.11 Å². The number of halogens is 1. The van der Waals surface area contributed by atoms with Gasteiger partial charge in [0.05, 0.1) is 24.4 Å². The molecule has 0 saturated carbocycles. The number of methoxy groups -OCH3 is 2. The summed E-state index contributed by atoms with van der Waals surface area (Å²) in [5.74, 6) is 1.53. The van der Waals surface area contributed by atoms with E-state index in [0.29, 0.717) is 27.4 Å². The Morgan fingerprint density at radius 1 is 1.24 bits per heavy atom. The van der Waals surface area contributed by atoms with Crippen LogP contribution in [0.2, 0.25) is 0 Å². The Morgan fingerprint density at radius 3 is 2.71 bits per heavy atom. The normalized spacial score (nSPS) is 10.0. The number of aromatic nitrogens is 1. The SMILES string of the molecule is COc1cccc(COc2c(Br)cc(C=O)cc2OC)n1. The van der Waals surface area contributed by atoms with Gasteiger partial charge in [0, 0.05) is 11.6 Å². The van der Waals surface area contributed by atoms with E-state index in [-0.39, 0.29) is 6.61 Å². The zero-order valence-corrected chi connectivity index (χ0v) is 13.2. The minimum Gasteiger partial charge on any atom is -0.493 e. The van der Waals surface area contributed by atoms with Crippen LogP contribution in [-0.4, -0.2) is 25.5 Å². The third kappa shape index (κ3) is 3.72. The lowest BCUT2D eigenvalue weighted by Crippen LogP contribution is -2.02. The first-order valence-electron chi connectivity index (χ1n) is 6.13. The van der Waals surface area contributed by atoms with Crippen LogP contribution in [-0.2, 0) is 6.61 Å². The lowest BCUT2D eigenvalue weighted by Gasteiger charge is -2.13. The summed E-state index contributed by atoms with van der Waals surface area (Å²) in [4.78, 5) is 15.1. The quantitative estimate of drug-likeness (QED) is 0.747. The standard InChI is InChI=1S/C15H14BrNO4/c1-19-13-7-10(8-18)6-12(16)15(13)21-9-11-4-3-5-14(17-11)20-2/h3-8H,9H2,1-2H3. The van der Waals surface area contributed by atoms with E-state index < -0.39 is 0 Å². The van der Waals surface area contributed by atoms with Crippen LogP contribution < -0.4 is 14.2 Å². The molecule has 0 fully saturated rings. The summed E-state index contributed by atoms with van der Waals surface area (Å²) < 4.78 is 16.7. The molecule has 2 aromatic rings. The highest BCUT2D eigenvalue weighted by Crippen LogP contribution is 2.36. The first kappa shape index (κ1) is 15.3. The number of carbonyl (C=O) groups is 1. The van der Waals surface area contributed by atoms with Crippen molar-refractivity contribution in [2.24, 2.45) is 0 Å². The van der Waals surface area contributed by atoms with Crippen LogP contribution >= 0.6 is 15.9 Å². The molecular weight excluding hydrogens is 338 g/mol. The average Bonchev–Trinajstić information content (AvgIpc) is 2.53. The molecular formula is C15H14BrNO4. The van der Waals surface area contributed by atoms with Gasteiger partial charge in [-0.25, -0.2) is 4.98 Å². The molecule has 5 nitrogen and oxygen atoms in total. The Morgan fingerprint density at radius 2 is 2.05 bits per heavy atom. The second-order valence-electron chi connectivity index (χ2n) is 4.11. The molecule has 0 aliphatic rings. The molecule has 0 amide bonds. The Kier molecular flexibility index (Phi) is 5.16. The van der Waals surface area contributed by atoms with Crippen LogP contribution in [0.15, 0.2) is 34.8 Å². The highest BCUT2D eigenvalue weighted by atomic mass is 79.9. The van der Waals surface area contributed by atoms with Crippen LogP contribution in [0.4, 0.5) is 0 Å². The number of aldehydes is 1. The molecule has 1 heterocycles. The van der Waals surface area contributed by atoms with Crippen molar-refractivity contribution in [3.63, 3.8) is 0 Å². The van der Waals surface area contributed by atoms with Crippen molar-refractivity contribution < 1.29 is 19.0 Å². The van der Waals surface area contributed by atoms with Crippen LogP contribution in [0.1, 0.15) is 16.1 Å². The molecule has 0 spiro atoms. The van der Waals surface area contributed by atoms with E-state index in [1.807, 2.05) is 12.1 Å². The first-order chi connectivity index (χ1) is 10.2. The van der Waals surface area contributed by atoms with Gasteiger partial charge in [-0.15, -0.1) is 0 Å². The molecule has 1 aromatic carbocycles. The van der Waals surface area contributed by atoms with Gasteiger partial charge in [0.2, 0.25) is 5.88 Å². The summed E-state index contributed by atoms with van der Waals surface area (Å²) in [6.45, 7) is 0.257. The molecule has 1 aromatic heterocycles. The second-order valence-corrected chi connectivity index (χ2v) is 4.97. The fourth-order valence-electron chi connectivity index (χ4n) is 1.75. The predicted molar refractivity (Wildman–Crippen MR) is 81.2 cm³/mol. The lowest BCUT2D eigenvalue weighted by atomic mass is 10.2. The highest BCUT2D eigenvalue weighted by molar-refractivity contribution is 9.10. The fraction of sp³-hybridized carbons (Fsp3) is 0.200. The van der Waals surface area contributed by atoms with Crippen LogP contribution in [0.3, 0.4) is 0 Å². The second kappa shape index (κ2) is 7.08. The number of carbonyl (C=O) groups excluding carboxylic acids is 1. The maximum Gasteiger partial charge on any atom is 0.213 e. The van der Waals surface area contributed by atoms with Crippen molar-refractivity contribution in [1.82, 2.24) is 4.98 Å². The molecule has 0 aliphatic carbocycles. The van der Waals surface area contributed by atoms with E-state index in [2.05, 4.69) is 20.9 Å². The molecule has 0 N–H and O–H groups in total. The molecule has 0 radical (unpaired) electrons. The summed E-state index contributed by atoms with van der Waals surface area (Å²) in [5, 5.41) is 0. The largest absolute Gasteiger partial charge is 0.493 e. The van der Waals surface area contributed by atoms with E-state index in [4.69, 9.17) is 14.2 Å². The van der Waals surface area contributed by atoms with Crippen molar-refractivity contribution in [1.29, 1.82) is 0 Å². The number of hydrogen-bond donors (Lipinski definition) is 0. The van der Waals surface area contributed by atoms with Crippen molar-refractivity contribution >= 4 is 22.2 Å². The van der Waals surface area contributed by atoms with Crippen LogP contribution in [0, 0.1) is 0 Å². The highest BCUT2D eigenvalue weighted by Gasteiger charge is 2.12. The summed E-state index contributed by atoms with van der Waals surface area (Å²) in [7, 11) is 3.08. The van der Waals surface area contributed by atoms with Gasteiger partial charge in [-0.2, -0.15) is 0 Å². The third-order valence-corrected chi connectivity index (χ3v) is 3.33. The van der Waals surface area contributed by atoms with E-state index in [9.17, 15) is 4.79 Å². The molecule has 0 bridgehead atoms. The predicted octanol–water partition coefficient (Wildman–Crippen LogP) is 3.25. The van der Waals surface area contributed by atoms with Crippen molar-refractivity contribution in [2.45, 2.75) is 6.61 Å². The van der Waals surface area contributed by atoms with Gasteiger partial charge >= 0.3 is 0 Å². The lowest BCUT2D eigenvalue weighted by molar-refractivity contribution is 0.112. The number of benzene rings is 1. The fourth-order valence-corrected chi connectivity index (χ4v) is 2.32. The topological polar surface area (TPSA) is 57.7 Å². The number of rotatable bonds is 6. The monoisotopic (exact) mass is 351 g/mol. The molecule has 110 valence electrons. The molecule has 0 unspecified atom stereocenters. The van der Waals surface area contributed by atoms with Gasteiger partial charge in [-0.3, -0.25) is 4.79 Å². The Labute approximate surface area is 131 Å². The van der Waals surface area contributed by atoms with Gasteiger partial charge in [0.15, 0.2) is 11.5 Å². The van der Waals surface area contributed by atoms with Gasteiger partial charge in [-0.1, -0.05) is 6.07 Å². The number of pyridine rings is 1. The van der Waals surface area contributed by atoms with Gasteiger partial charge in [0.25, 0.3) is 0 Å². The zero-order valence-electron chi connectivity index (χ0n) is 11.6. The molecule has 2 rings (SSSR count). The molecule has 0 aliphatic heterocycles.